The van der Waals surface area contributed by atoms with Gasteiger partial charge in [-0.15, -0.1) is 0 Å². The number of pyridine rings is 1. The summed E-state index contributed by atoms with van der Waals surface area (Å²) in [6.45, 7) is 5.95. The van der Waals surface area contributed by atoms with Gasteiger partial charge in [-0.25, -0.2) is 4.98 Å². The van der Waals surface area contributed by atoms with Crippen LogP contribution >= 0.6 is 0 Å². The number of nitrogens with two attached hydrogens (primary N) is 1. The summed E-state index contributed by atoms with van der Waals surface area (Å²) in [6, 6.07) is 6.11. The molecule has 122 valence electrons. The van der Waals surface area contributed by atoms with Gasteiger partial charge < -0.3 is 10.6 Å². The number of aryl methyl sites for hydroxylation is 2. The second kappa shape index (κ2) is 6.40. The fraction of sp³-hybridized carbons (Fsp3) is 0.471. The molecule has 2 aromatic rings. The van der Waals surface area contributed by atoms with Crippen molar-refractivity contribution >= 4 is 11.7 Å². The highest BCUT2D eigenvalue weighted by atomic mass is 16.1. The molecular formula is C17H23N5O. The summed E-state index contributed by atoms with van der Waals surface area (Å²) in [4.78, 5) is 18.0. The number of rotatable bonds is 4. The molecule has 0 radical (unpaired) electrons. The third-order valence-electron chi connectivity index (χ3n) is 4.44. The van der Waals surface area contributed by atoms with Crippen LogP contribution < -0.4 is 10.6 Å². The Morgan fingerprint density at radius 1 is 1.35 bits per heavy atom. The molecule has 1 aliphatic heterocycles. The van der Waals surface area contributed by atoms with E-state index >= 15 is 0 Å². The number of hydrogen-bond acceptors (Lipinski definition) is 4. The molecule has 1 amide bonds. The van der Waals surface area contributed by atoms with Crippen molar-refractivity contribution in [1.29, 1.82) is 0 Å². The average molecular weight is 313 g/mol. The monoisotopic (exact) mass is 313 g/mol. The van der Waals surface area contributed by atoms with Gasteiger partial charge in [0, 0.05) is 18.4 Å². The van der Waals surface area contributed by atoms with Gasteiger partial charge in [-0.2, -0.15) is 5.10 Å². The fourth-order valence-electron chi connectivity index (χ4n) is 3.25. The SMILES string of the molecule is Cc1cc(C)n(CC2CCCCN2c2ccc(C(N)=O)cn2)n1. The van der Waals surface area contributed by atoms with E-state index in [2.05, 4.69) is 32.7 Å². The zero-order chi connectivity index (χ0) is 16.4. The lowest BCUT2D eigenvalue weighted by molar-refractivity contribution is 0.1000. The third-order valence-corrected chi connectivity index (χ3v) is 4.44. The lowest BCUT2D eigenvalue weighted by Gasteiger charge is -2.36. The zero-order valence-electron chi connectivity index (χ0n) is 13.7. The van der Waals surface area contributed by atoms with Crippen molar-refractivity contribution in [1.82, 2.24) is 14.8 Å². The molecule has 6 heteroatoms. The largest absolute Gasteiger partial charge is 0.366 e. The smallest absolute Gasteiger partial charge is 0.250 e. The fourth-order valence-corrected chi connectivity index (χ4v) is 3.25. The molecule has 6 nitrogen and oxygen atoms in total. The predicted octanol–water partition coefficient (Wildman–Crippen LogP) is 2.05. The average Bonchev–Trinajstić information content (AvgIpc) is 2.85. The first-order chi connectivity index (χ1) is 11.0. The number of hydrogen-bond donors (Lipinski definition) is 1. The van der Waals surface area contributed by atoms with Crippen LogP contribution in [-0.4, -0.2) is 33.3 Å². The summed E-state index contributed by atoms with van der Waals surface area (Å²) in [7, 11) is 0. The van der Waals surface area contributed by atoms with Crippen LogP contribution in [0.1, 0.15) is 41.0 Å². The molecule has 3 heterocycles. The van der Waals surface area contributed by atoms with Gasteiger partial charge in [-0.1, -0.05) is 0 Å². The first kappa shape index (κ1) is 15.5. The van der Waals surface area contributed by atoms with Crippen LogP contribution in [-0.2, 0) is 6.54 Å². The van der Waals surface area contributed by atoms with Crippen LogP contribution in [0.3, 0.4) is 0 Å². The van der Waals surface area contributed by atoms with Gasteiger partial charge in [0.1, 0.15) is 5.82 Å². The molecular weight excluding hydrogens is 290 g/mol. The molecule has 3 rings (SSSR count). The molecule has 0 spiro atoms. The molecule has 23 heavy (non-hydrogen) atoms. The van der Waals surface area contributed by atoms with E-state index in [1.807, 2.05) is 13.0 Å². The maximum atomic E-state index is 11.2. The first-order valence-corrected chi connectivity index (χ1v) is 8.08. The number of amides is 1. The molecule has 0 aliphatic carbocycles. The summed E-state index contributed by atoms with van der Waals surface area (Å²) in [5.74, 6) is 0.461. The highest BCUT2D eigenvalue weighted by Gasteiger charge is 2.24. The van der Waals surface area contributed by atoms with Crippen LogP contribution in [0.4, 0.5) is 5.82 Å². The zero-order valence-corrected chi connectivity index (χ0v) is 13.7. The van der Waals surface area contributed by atoms with Gasteiger partial charge in [-0.3, -0.25) is 9.48 Å². The van der Waals surface area contributed by atoms with E-state index in [4.69, 9.17) is 5.73 Å². The van der Waals surface area contributed by atoms with E-state index in [9.17, 15) is 4.79 Å². The highest BCUT2D eigenvalue weighted by Crippen LogP contribution is 2.24. The Morgan fingerprint density at radius 2 is 2.17 bits per heavy atom. The Labute approximate surface area is 136 Å². The minimum absolute atomic E-state index is 0.369. The van der Waals surface area contributed by atoms with Gasteiger partial charge in [0.15, 0.2) is 0 Å². The van der Waals surface area contributed by atoms with E-state index in [1.54, 1.807) is 12.3 Å². The highest BCUT2D eigenvalue weighted by molar-refractivity contribution is 5.92. The van der Waals surface area contributed by atoms with Crippen LogP contribution in [0.5, 0.6) is 0 Å². The van der Waals surface area contributed by atoms with E-state index in [0.717, 1.165) is 37.4 Å². The van der Waals surface area contributed by atoms with Gasteiger partial charge in [-0.05, 0) is 51.3 Å². The molecule has 1 aliphatic rings. The number of carbonyl (C=O) groups is 1. The molecule has 1 saturated heterocycles. The molecule has 0 saturated carbocycles. The number of primary amides is 1. The molecule has 1 fully saturated rings. The number of carbonyl (C=O) groups excluding carboxylic acids is 1. The topological polar surface area (TPSA) is 77.0 Å². The van der Waals surface area contributed by atoms with E-state index < -0.39 is 5.91 Å². The second-order valence-corrected chi connectivity index (χ2v) is 6.22. The Hall–Kier alpha value is -2.37. The van der Waals surface area contributed by atoms with Crippen molar-refractivity contribution < 1.29 is 4.79 Å². The van der Waals surface area contributed by atoms with Crippen molar-refractivity contribution in [3.63, 3.8) is 0 Å². The Bertz CT molecular complexity index is 692. The maximum absolute atomic E-state index is 11.2. The van der Waals surface area contributed by atoms with Crippen LogP contribution in [0, 0.1) is 13.8 Å². The normalized spacial score (nSPS) is 18.2. The lowest BCUT2D eigenvalue weighted by atomic mass is 10.0. The predicted molar refractivity (Wildman–Crippen MR) is 89.4 cm³/mol. The minimum Gasteiger partial charge on any atom is -0.366 e. The summed E-state index contributed by atoms with van der Waals surface area (Å²) in [5.41, 5.74) is 7.97. The summed E-state index contributed by atoms with van der Waals surface area (Å²) < 4.78 is 2.08. The Kier molecular flexibility index (Phi) is 4.32. The Morgan fingerprint density at radius 3 is 2.78 bits per heavy atom. The molecule has 1 unspecified atom stereocenters. The number of aromatic nitrogens is 3. The standard InChI is InChI=1S/C17H23N5O/c1-12-9-13(2)22(20-12)11-15-5-3-4-8-21(15)16-7-6-14(10-19-16)17(18)23/h6-7,9-10,15H,3-5,8,11H2,1-2H3,(H2,18,23). The van der Waals surface area contributed by atoms with Gasteiger partial charge in [0.05, 0.1) is 23.8 Å². The lowest BCUT2D eigenvalue weighted by Crippen LogP contribution is -2.43. The quantitative estimate of drug-likeness (QED) is 0.937. The second-order valence-electron chi connectivity index (χ2n) is 6.22. The molecule has 0 aromatic carbocycles. The van der Waals surface area contributed by atoms with Gasteiger partial charge in [0.25, 0.3) is 0 Å². The van der Waals surface area contributed by atoms with Crippen molar-refractivity contribution in [2.24, 2.45) is 5.73 Å². The summed E-state index contributed by atoms with van der Waals surface area (Å²) >= 11 is 0. The Balaban J connectivity index is 1.80. The van der Waals surface area contributed by atoms with Crippen molar-refractivity contribution in [3.8, 4) is 0 Å². The van der Waals surface area contributed by atoms with Gasteiger partial charge >= 0.3 is 0 Å². The van der Waals surface area contributed by atoms with Crippen molar-refractivity contribution in [2.45, 2.75) is 45.7 Å². The summed E-state index contributed by atoms with van der Waals surface area (Å²) in [6.07, 6.45) is 5.07. The number of anilines is 1. The number of piperidine rings is 1. The van der Waals surface area contributed by atoms with Crippen molar-refractivity contribution in [3.05, 3.63) is 41.3 Å². The number of nitrogens with zero attached hydrogens (tertiary/aromatic N) is 4. The van der Waals surface area contributed by atoms with Crippen LogP contribution in [0.2, 0.25) is 0 Å². The van der Waals surface area contributed by atoms with E-state index in [0.29, 0.717) is 11.6 Å². The van der Waals surface area contributed by atoms with E-state index in [1.165, 1.54) is 12.1 Å². The minimum atomic E-state index is -0.443. The molecule has 2 N–H and O–H groups in total. The first-order valence-electron chi connectivity index (χ1n) is 8.08. The third kappa shape index (κ3) is 3.36. The van der Waals surface area contributed by atoms with Gasteiger partial charge in [0.2, 0.25) is 5.91 Å². The summed E-state index contributed by atoms with van der Waals surface area (Å²) in [5, 5.41) is 4.58. The van der Waals surface area contributed by atoms with E-state index in [-0.39, 0.29) is 0 Å². The molecule has 0 bridgehead atoms. The molecule has 2 aromatic heterocycles. The van der Waals surface area contributed by atoms with Crippen LogP contribution in [0.15, 0.2) is 24.4 Å². The van der Waals surface area contributed by atoms with Crippen molar-refractivity contribution in [2.75, 3.05) is 11.4 Å². The molecule has 1 atom stereocenters. The van der Waals surface area contributed by atoms with Crippen LogP contribution in [0.25, 0.3) is 0 Å². The maximum Gasteiger partial charge on any atom is 0.250 e.